The molecule has 2 aromatic heterocycles. The van der Waals surface area contributed by atoms with Crippen LogP contribution < -0.4 is 0 Å². The highest BCUT2D eigenvalue weighted by molar-refractivity contribution is 5.10. The molecule has 22 heavy (non-hydrogen) atoms. The summed E-state index contributed by atoms with van der Waals surface area (Å²) in [7, 11) is 6.47. The van der Waals surface area contributed by atoms with Crippen molar-refractivity contribution in [2.45, 2.75) is 25.4 Å². The van der Waals surface area contributed by atoms with Crippen LogP contribution in [0.4, 0.5) is 0 Å². The molecule has 1 fully saturated rings. The van der Waals surface area contributed by atoms with Crippen LogP contribution in [-0.2, 0) is 13.6 Å². The molecule has 0 aromatic carbocycles. The molecule has 0 saturated carbocycles. The Balaban J connectivity index is 1.71. The molecule has 3 heterocycles. The lowest BCUT2D eigenvalue weighted by atomic mass is 9.87. The van der Waals surface area contributed by atoms with Crippen LogP contribution >= 0.6 is 0 Å². The first-order chi connectivity index (χ1) is 10.6. The summed E-state index contributed by atoms with van der Waals surface area (Å²) < 4.78 is 2.02. The van der Waals surface area contributed by atoms with Gasteiger partial charge in [-0.05, 0) is 45.5 Å². The van der Waals surface area contributed by atoms with E-state index in [0.29, 0.717) is 12.0 Å². The second-order valence-electron chi connectivity index (χ2n) is 6.48. The molecule has 2 aromatic rings. The van der Waals surface area contributed by atoms with Crippen molar-refractivity contribution in [2.24, 2.45) is 13.0 Å². The zero-order valence-electron chi connectivity index (χ0n) is 13.7. The van der Waals surface area contributed by atoms with Gasteiger partial charge < -0.3 is 9.88 Å². The van der Waals surface area contributed by atoms with Crippen molar-refractivity contribution in [3.63, 3.8) is 0 Å². The molecule has 0 radical (unpaired) electrons. The molecule has 0 bridgehead atoms. The van der Waals surface area contributed by atoms with Crippen LogP contribution in [0.25, 0.3) is 0 Å². The molecule has 0 aliphatic carbocycles. The Bertz CT molecular complexity index is 575. The number of nitrogens with one attached hydrogen (secondary N) is 1. The minimum atomic E-state index is 0.450. The van der Waals surface area contributed by atoms with Gasteiger partial charge in [-0.3, -0.25) is 9.58 Å². The predicted molar refractivity (Wildman–Crippen MR) is 86.2 cm³/mol. The Kier molecular flexibility index (Phi) is 4.59. The highest BCUT2D eigenvalue weighted by atomic mass is 15.3. The molecular formula is C16H26N6. The van der Waals surface area contributed by atoms with E-state index in [2.05, 4.69) is 45.0 Å². The molecule has 3 rings (SSSR count). The first-order valence-electron chi connectivity index (χ1n) is 7.99. The van der Waals surface area contributed by atoms with Crippen LogP contribution in [0.5, 0.6) is 0 Å². The number of likely N-dealkylation sites (tertiary alicyclic amines) is 1. The lowest BCUT2D eigenvalue weighted by Crippen LogP contribution is -2.41. The number of hydrogen-bond donors (Lipinski definition) is 1. The maximum Gasteiger partial charge on any atom is 0.0922 e. The van der Waals surface area contributed by atoms with E-state index in [4.69, 9.17) is 0 Å². The lowest BCUT2D eigenvalue weighted by molar-refractivity contribution is 0.0870. The number of hydrogen-bond acceptors (Lipinski definition) is 4. The van der Waals surface area contributed by atoms with E-state index in [9.17, 15) is 0 Å². The van der Waals surface area contributed by atoms with Gasteiger partial charge in [0, 0.05) is 38.2 Å². The van der Waals surface area contributed by atoms with Gasteiger partial charge in [0.05, 0.1) is 18.1 Å². The highest BCUT2D eigenvalue weighted by Crippen LogP contribution is 2.35. The van der Waals surface area contributed by atoms with E-state index in [1.807, 2.05) is 24.1 Å². The first-order valence-corrected chi connectivity index (χ1v) is 7.99. The standard InChI is InChI=1S/C16H26N6/c1-20(11-14-9-17-12-18-14)10-13-5-4-8-21(2)16(13)15-6-7-19-22(15)3/h6-7,9,12-13,16H,4-5,8,10-11H2,1-3H3,(H,17,18)/t13-,16+/m0/s1. The number of aromatic nitrogens is 4. The first kappa shape index (κ1) is 15.2. The molecule has 2 atom stereocenters. The summed E-state index contributed by atoms with van der Waals surface area (Å²) in [5, 5.41) is 4.36. The fourth-order valence-electron chi connectivity index (χ4n) is 3.72. The number of piperidine rings is 1. The largest absolute Gasteiger partial charge is 0.347 e. The second-order valence-corrected chi connectivity index (χ2v) is 6.48. The molecule has 120 valence electrons. The fourth-order valence-corrected chi connectivity index (χ4v) is 3.72. The van der Waals surface area contributed by atoms with Crippen molar-refractivity contribution < 1.29 is 0 Å². The van der Waals surface area contributed by atoms with Crippen LogP contribution in [0.15, 0.2) is 24.8 Å². The summed E-state index contributed by atoms with van der Waals surface area (Å²) >= 11 is 0. The van der Waals surface area contributed by atoms with Crippen LogP contribution in [0.1, 0.15) is 30.3 Å². The van der Waals surface area contributed by atoms with E-state index in [1.54, 1.807) is 6.33 Å². The van der Waals surface area contributed by atoms with Gasteiger partial charge in [0.25, 0.3) is 0 Å². The molecule has 6 nitrogen and oxygen atoms in total. The Labute approximate surface area is 132 Å². The zero-order valence-corrected chi connectivity index (χ0v) is 13.7. The minimum Gasteiger partial charge on any atom is -0.347 e. The maximum absolute atomic E-state index is 4.36. The zero-order chi connectivity index (χ0) is 15.5. The molecule has 1 saturated heterocycles. The summed E-state index contributed by atoms with van der Waals surface area (Å²) in [6.07, 6.45) is 8.10. The van der Waals surface area contributed by atoms with Gasteiger partial charge in [0.2, 0.25) is 0 Å². The quantitative estimate of drug-likeness (QED) is 0.912. The molecule has 6 heteroatoms. The summed E-state index contributed by atoms with van der Waals surface area (Å²) in [6, 6.07) is 2.61. The number of nitrogens with zero attached hydrogens (tertiary/aromatic N) is 5. The van der Waals surface area contributed by atoms with Crippen LogP contribution in [0, 0.1) is 5.92 Å². The van der Waals surface area contributed by atoms with Crippen LogP contribution in [0.3, 0.4) is 0 Å². The number of aryl methyl sites for hydroxylation is 1. The van der Waals surface area contributed by atoms with Crippen LogP contribution in [0.2, 0.25) is 0 Å². The van der Waals surface area contributed by atoms with Gasteiger partial charge in [0.1, 0.15) is 0 Å². The molecular weight excluding hydrogens is 276 g/mol. The summed E-state index contributed by atoms with van der Waals surface area (Å²) in [4.78, 5) is 12.2. The van der Waals surface area contributed by atoms with E-state index >= 15 is 0 Å². The Morgan fingerprint density at radius 2 is 2.27 bits per heavy atom. The SMILES string of the molecule is CN(Cc1cnc[nH]1)C[C@@H]1CCCN(C)[C@H]1c1ccnn1C. The van der Waals surface area contributed by atoms with Crippen LogP contribution in [-0.4, -0.2) is 56.7 Å². The predicted octanol–water partition coefficient (Wildman–Crippen LogP) is 1.66. The third-order valence-corrected chi connectivity index (χ3v) is 4.71. The van der Waals surface area contributed by atoms with E-state index < -0.39 is 0 Å². The third-order valence-electron chi connectivity index (χ3n) is 4.71. The van der Waals surface area contributed by atoms with E-state index in [1.165, 1.54) is 24.2 Å². The van der Waals surface area contributed by atoms with Gasteiger partial charge in [-0.2, -0.15) is 5.10 Å². The fraction of sp³-hybridized carbons (Fsp3) is 0.625. The molecule has 1 N–H and O–H groups in total. The van der Waals surface area contributed by atoms with Gasteiger partial charge in [-0.1, -0.05) is 0 Å². The topological polar surface area (TPSA) is 53.0 Å². The highest BCUT2D eigenvalue weighted by Gasteiger charge is 2.32. The van der Waals surface area contributed by atoms with Crippen molar-refractivity contribution in [1.82, 2.24) is 29.5 Å². The average molecular weight is 302 g/mol. The van der Waals surface area contributed by atoms with E-state index in [0.717, 1.165) is 19.6 Å². The molecule has 0 amide bonds. The number of rotatable bonds is 5. The van der Waals surface area contributed by atoms with Crippen molar-refractivity contribution in [3.8, 4) is 0 Å². The number of aromatic amines is 1. The van der Waals surface area contributed by atoms with Crippen molar-refractivity contribution in [3.05, 3.63) is 36.2 Å². The summed E-state index contributed by atoms with van der Waals surface area (Å²) in [5.74, 6) is 0.627. The lowest BCUT2D eigenvalue weighted by Gasteiger charge is -2.40. The maximum atomic E-state index is 4.36. The monoisotopic (exact) mass is 302 g/mol. The van der Waals surface area contributed by atoms with Crippen molar-refractivity contribution in [2.75, 3.05) is 27.2 Å². The molecule has 1 aliphatic heterocycles. The smallest absolute Gasteiger partial charge is 0.0922 e. The van der Waals surface area contributed by atoms with Crippen molar-refractivity contribution in [1.29, 1.82) is 0 Å². The Hall–Kier alpha value is -1.66. The van der Waals surface area contributed by atoms with Gasteiger partial charge in [-0.25, -0.2) is 4.98 Å². The van der Waals surface area contributed by atoms with Gasteiger partial charge >= 0.3 is 0 Å². The van der Waals surface area contributed by atoms with E-state index in [-0.39, 0.29) is 0 Å². The van der Waals surface area contributed by atoms with Crippen molar-refractivity contribution >= 4 is 0 Å². The van der Waals surface area contributed by atoms with Gasteiger partial charge in [0.15, 0.2) is 0 Å². The number of imidazole rings is 1. The summed E-state index contributed by atoms with van der Waals surface area (Å²) in [6.45, 7) is 3.16. The Morgan fingerprint density at radius 1 is 1.41 bits per heavy atom. The minimum absolute atomic E-state index is 0.450. The summed E-state index contributed by atoms with van der Waals surface area (Å²) in [5.41, 5.74) is 2.49. The van der Waals surface area contributed by atoms with Gasteiger partial charge in [-0.15, -0.1) is 0 Å². The Morgan fingerprint density at radius 3 is 2.95 bits per heavy atom. The normalized spacial score (nSPS) is 23.3. The number of H-pyrrole nitrogens is 1. The average Bonchev–Trinajstić information content (AvgIpc) is 3.11. The third kappa shape index (κ3) is 3.23. The molecule has 1 aliphatic rings. The molecule has 0 unspecified atom stereocenters. The second kappa shape index (κ2) is 6.62. The molecule has 0 spiro atoms.